The highest BCUT2D eigenvalue weighted by atomic mass is 127. The first-order chi connectivity index (χ1) is 15.2. The van der Waals surface area contributed by atoms with Gasteiger partial charge in [-0.25, -0.2) is 4.99 Å². The minimum absolute atomic E-state index is 0. The van der Waals surface area contributed by atoms with Gasteiger partial charge in [0.2, 0.25) is 0 Å². The summed E-state index contributed by atoms with van der Waals surface area (Å²) < 4.78 is 1.96. The van der Waals surface area contributed by atoms with Gasteiger partial charge in [-0.1, -0.05) is 42.5 Å². The fourth-order valence-electron chi connectivity index (χ4n) is 3.83. The van der Waals surface area contributed by atoms with Crippen molar-refractivity contribution in [1.29, 1.82) is 0 Å². The molecule has 2 aromatic carbocycles. The minimum atomic E-state index is 0. The quantitative estimate of drug-likeness (QED) is 0.281. The summed E-state index contributed by atoms with van der Waals surface area (Å²) in [5.74, 6) is 1.26. The predicted octanol–water partition coefficient (Wildman–Crippen LogP) is 3.54. The third kappa shape index (κ3) is 6.15. The van der Waals surface area contributed by atoms with E-state index in [0.29, 0.717) is 12.3 Å². The third-order valence-corrected chi connectivity index (χ3v) is 5.42. The van der Waals surface area contributed by atoms with Crippen molar-refractivity contribution in [2.75, 3.05) is 37.6 Å². The topological polar surface area (TPSA) is 68.9 Å². The molecule has 32 heavy (non-hydrogen) atoms. The molecule has 2 heterocycles. The molecular formula is C24H31IN6O. The number of rotatable bonds is 6. The SMILES string of the molecule is CCNC(=NCc1cnn(Cc2ccccc2)c1)N1CCN(c2ccccc2O)CC1.I. The zero-order valence-corrected chi connectivity index (χ0v) is 20.7. The number of hydrogen-bond donors (Lipinski definition) is 2. The van der Waals surface area contributed by atoms with Crippen LogP contribution >= 0.6 is 24.0 Å². The van der Waals surface area contributed by atoms with E-state index in [-0.39, 0.29) is 24.0 Å². The van der Waals surface area contributed by atoms with Gasteiger partial charge < -0.3 is 20.2 Å². The maximum absolute atomic E-state index is 10.1. The van der Waals surface area contributed by atoms with Crippen LogP contribution < -0.4 is 10.2 Å². The Labute approximate surface area is 206 Å². The number of piperazine rings is 1. The summed E-state index contributed by atoms with van der Waals surface area (Å²) in [6, 6.07) is 17.9. The number of aliphatic imine (C=N–C) groups is 1. The molecule has 170 valence electrons. The van der Waals surface area contributed by atoms with Crippen LogP contribution in [0, 0.1) is 0 Å². The fourth-order valence-corrected chi connectivity index (χ4v) is 3.83. The lowest BCUT2D eigenvalue weighted by Gasteiger charge is -2.37. The molecular weight excluding hydrogens is 515 g/mol. The Hall–Kier alpha value is -2.75. The van der Waals surface area contributed by atoms with Crippen LogP contribution in [0.25, 0.3) is 0 Å². The van der Waals surface area contributed by atoms with E-state index in [2.05, 4.69) is 45.5 Å². The van der Waals surface area contributed by atoms with Crippen LogP contribution in [0.5, 0.6) is 5.75 Å². The van der Waals surface area contributed by atoms with Crippen LogP contribution in [0.2, 0.25) is 0 Å². The van der Waals surface area contributed by atoms with E-state index in [4.69, 9.17) is 4.99 Å². The molecule has 0 radical (unpaired) electrons. The average Bonchev–Trinajstić information content (AvgIpc) is 3.25. The van der Waals surface area contributed by atoms with E-state index >= 15 is 0 Å². The molecule has 0 aliphatic carbocycles. The smallest absolute Gasteiger partial charge is 0.194 e. The van der Waals surface area contributed by atoms with Gasteiger partial charge >= 0.3 is 0 Å². The van der Waals surface area contributed by atoms with Crippen molar-refractivity contribution >= 4 is 35.6 Å². The number of phenols is 1. The van der Waals surface area contributed by atoms with Crippen LogP contribution in [0.3, 0.4) is 0 Å². The van der Waals surface area contributed by atoms with Crippen LogP contribution in [0.15, 0.2) is 72.0 Å². The maximum Gasteiger partial charge on any atom is 0.194 e. The molecule has 1 aromatic heterocycles. The molecule has 0 bridgehead atoms. The standard InChI is InChI=1S/C24H30N6O.HI/c1-2-25-24(29-14-12-28(13-15-29)22-10-6-7-11-23(22)31)26-16-21-17-27-30(19-21)18-20-8-4-3-5-9-20;/h3-11,17,19,31H,2,12-16,18H2,1H3,(H,25,26);1H. The minimum Gasteiger partial charge on any atom is -0.506 e. The molecule has 3 aromatic rings. The number of guanidine groups is 1. The number of phenolic OH excluding ortho intramolecular Hbond substituents is 1. The molecule has 1 aliphatic rings. The van der Waals surface area contributed by atoms with Gasteiger partial charge in [-0.2, -0.15) is 5.10 Å². The molecule has 0 spiro atoms. The van der Waals surface area contributed by atoms with E-state index in [1.165, 1.54) is 5.56 Å². The molecule has 8 heteroatoms. The second kappa shape index (κ2) is 11.8. The van der Waals surface area contributed by atoms with Crippen molar-refractivity contribution in [2.24, 2.45) is 4.99 Å². The zero-order valence-electron chi connectivity index (χ0n) is 18.4. The summed E-state index contributed by atoms with van der Waals surface area (Å²) in [5, 5.41) is 18.0. The highest BCUT2D eigenvalue weighted by molar-refractivity contribution is 14.0. The number of anilines is 1. The molecule has 1 saturated heterocycles. The van der Waals surface area contributed by atoms with Gasteiger partial charge in [-0.3, -0.25) is 4.68 Å². The van der Waals surface area contributed by atoms with Crippen molar-refractivity contribution in [3.05, 3.63) is 78.1 Å². The summed E-state index contributed by atoms with van der Waals surface area (Å²) in [6.07, 6.45) is 3.96. The number of halogens is 1. The van der Waals surface area contributed by atoms with Gasteiger partial charge in [-0.05, 0) is 24.6 Å². The molecule has 0 saturated carbocycles. The van der Waals surface area contributed by atoms with Crippen LogP contribution in [0.4, 0.5) is 5.69 Å². The van der Waals surface area contributed by atoms with E-state index < -0.39 is 0 Å². The third-order valence-electron chi connectivity index (χ3n) is 5.42. The van der Waals surface area contributed by atoms with Gasteiger partial charge in [0.15, 0.2) is 5.96 Å². The molecule has 0 amide bonds. The monoisotopic (exact) mass is 546 g/mol. The molecule has 1 fully saturated rings. The molecule has 2 N–H and O–H groups in total. The second-order valence-corrected chi connectivity index (χ2v) is 7.66. The highest BCUT2D eigenvalue weighted by Gasteiger charge is 2.21. The highest BCUT2D eigenvalue weighted by Crippen LogP contribution is 2.27. The lowest BCUT2D eigenvalue weighted by atomic mass is 10.2. The van der Waals surface area contributed by atoms with Crippen LogP contribution in [0.1, 0.15) is 18.1 Å². The predicted molar refractivity (Wildman–Crippen MR) is 140 cm³/mol. The van der Waals surface area contributed by atoms with E-state index in [9.17, 15) is 5.11 Å². The Balaban J connectivity index is 0.00000289. The average molecular weight is 546 g/mol. The van der Waals surface area contributed by atoms with E-state index in [1.54, 1.807) is 6.07 Å². The second-order valence-electron chi connectivity index (χ2n) is 7.66. The van der Waals surface area contributed by atoms with E-state index in [1.807, 2.05) is 47.3 Å². The van der Waals surface area contributed by atoms with Crippen LogP contribution in [-0.4, -0.2) is 58.5 Å². The molecule has 1 aliphatic heterocycles. The number of aromatic nitrogens is 2. The molecule has 0 unspecified atom stereocenters. The number of aromatic hydroxyl groups is 1. The van der Waals surface area contributed by atoms with Gasteiger partial charge in [0.05, 0.1) is 25.0 Å². The maximum atomic E-state index is 10.1. The number of para-hydroxylation sites is 2. The van der Waals surface area contributed by atoms with Gasteiger partial charge in [0.25, 0.3) is 0 Å². The Kier molecular flexibility index (Phi) is 8.78. The normalized spacial score (nSPS) is 14.2. The summed E-state index contributed by atoms with van der Waals surface area (Å²) >= 11 is 0. The molecule has 0 atom stereocenters. The van der Waals surface area contributed by atoms with Gasteiger partial charge in [0.1, 0.15) is 5.75 Å². The van der Waals surface area contributed by atoms with Crippen molar-refractivity contribution < 1.29 is 5.11 Å². The summed E-state index contributed by atoms with van der Waals surface area (Å²) in [6.45, 7) is 7.67. The Morgan fingerprint density at radius 3 is 2.44 bits per heavy atom. The van der Waals surface area contributed by atoms with Crippen molar-refractivity contribution in [3.8, 4) is 5.75 Å². The lowest BCUT2D eigenvalue weighted by molar-refractivity contribution is 0.369. The Bertz CT molecular complexity index is 998. The summed E-state index contributed by atoms with van der Waals surface area (Å²) in [7, 11) is 0. The lowest BCUT2D eigenvalue weighted by Crippen LogP contribution is -2.52. The molecule has 7 nitrogen and oxygen atoms in total. The van der Waals surface area contributed by atoms with Gasteiger partial charge in [-0.15, -0.1) is 24.0 Å². The number of nitrogens with zero attached hydrogens (tertiary/aromatic N) is 5. The Morgan fingerprint density at radius 2 is 1.72 bits per heavy atom. The van der Waals surface area contributed by atoms with Crippen molar-refractivity contribution in [2.45, 2.75) is 20.0 Å². The number of hydrogen-bond acceptors (Lipinski definition) is 4. The summed E-state index contributed by atoms with van der Waals surface area (Å²) in [4.78, 5) is 9.36. The fraction of sp³-hybridized carbons (Fsp3) is 0.333. The van der Waals surface area contributed by atoms with Crippen molar-refractivity contribution in [3.63, 3.8) is 0 Å². The first-order valence-electron chi connectivity index (χ1n) is 10.8. The largest absolute Gasteiger partial charge is 0.506 e. The van der Waals surface area contributed by atoms with Crippen LogP contribution in [-0.2, 0) is 13.1 Å². The number of nitrogens with one attached hydrogen (secondary N) is 1. The summed E-state index contributed by atoms with van der Waals surface area (Å²) in [5.41, 5.74) is 3.23. The first kappa shape index (κ1) is 23.9. The molecule has 4 rings (SSSR count). The zero-order chi connectivity index (χ0) is 21.5. The van der Waals surface area contributed by atoms with E-state index in [0.717, 1.165) is 56.5 Å². The number of benzene rings is 2. The van der Waals surface area contributed by atoms with Gasteiger partial charge in [0, 0.05) is 44.5 Å². The first-order valence-corrected chi connectivity index (χ1v) is 10.8. The Morgan fingerprint density at radius 1 is 1.00 bits per heavy atom. The van der Waals surface area contributed by atoms with Crippen molar-refractivity contribution in [1.82, 2.24) is 20.0 Å².